The van der Waals surface area contributed by atoms with E-state index in [0.29, 0.717) is 28.6 Å². The molecule has 0 spiro atoms. The summed E-state index contributed by atoms with van der Waals surface area (Å²) in [5.74, 6) is 1.78. The summed E-state index contributed by atoms with van der Waals surface area (Å²) in [6.07, 6.45) is 0. The van der Waals surface area contributed by atoms with Gasteiger partial charge in [0.25, 0.3) is 0 Å². The van der Waals surface area contributed by atoms with Crippen molar-refractivity contribution in [3.05, 3.63) is 260 Å². The van der Waals surface area contributed by atoms with E-state index in [1.807, 2.05) is 0 Å². The molecule has 16 rings (SSSR count). The first kappa shape index (κ1) is 44.0. The normalized spacial score (nSPS) is 11.8. The van der Waals surface area contributed by atoms with Crippen molar-refractivity contribution in [1.29, 1.82) is 5.26 Å². The molecule has 0 saturated heterocycles. The van der Waals surface area contributed by atoms with Crippen molar-refractivity contribution in [1.82, 2.24) is 23.7 Å². The Balaban J connectivity index is 1.16. The molecule has 0 fully saturated rings. The standard InChI is InChI=1S/C71H42N6S/c72-43-55-67(71-73-62(75-56-34-16-10-28-47(56)48-29-11-17-35-57(48)75)42-63(74-71)76-58-36-18-12-30-49(58)50-31-13-19-37-59(50)76)65(45-24-6-2-7-25-45)64(44-22-4-1-5-23-44)66(46-26-8-3-9-27-46)68(55)77-60-38-20-14-32-51(60)53-40-41-54-52-33-15-21-39-61(52)78-70(54)69(53)77/h1-42H. The first-order chi connectivity index (χ1) is 38.7. The summed E-state index contributed by atoms with van der Waals surface area (Å²) in [5.41, 5.74) is 13.6. The lowest BCUT2D eigenvalue weighted by atomic mass is 9.80. The summed E-state index contributed by atoms with van der Waals surface area (Å²) in [4.78, 5) is 11.7. The second-order valence-corrected chi connectivity index (χ2v) is 20.9. The van der Waals surface area contributed by atoms with Gasteiger partial charge in [0.2, 0.25) is 0 Å². The molecule has 0 unspecified atom stereocenters. The third-order valence-electron chi connectivity index (χ3n) is 15.7. The molecule has 0 bridgehead atoms. The van der Waals surface area contributed by atoms with E-state index in [-0.39, 0.29) is 0 Å². The van der Waals surface area contributed by atoms with Gasteiger partial charge in [-0.15, -0.1) is 11.3 Å². The third-order valence-corrected chi connectivity index (χ3v) is 16.9. The van der Waals surface area contributed by atoms with Crippen molar-refractivity contribution in [2.45, 2.75) is 0 Å². The number of thiophene rings is 1. The maximum absolute atomic E-state index is 12.7. The average molecular weight is 1010 g/mol. The fourth-order valence-electron chi connectivity index (χ4n) is 12.5. The largest absolute Gasteiger partial charge is 0.306 e. The van der Waals surface area contributed by atoms with Crippen LogP contribution >= 0.6 is 11.3 Å². The van der Waals surface area contributed by atoms with Crippen molar-refractivity contribution in [3.63, 3.8) is 0 Å². The highest BCUT2D eigenvalue weighted by atomic mass is 32.1. The van der Waals surface area contributed by atoms with E-state index in [9.17, 15) is 5.26 Å². The van der Waals surface area contributed by atoms with Gasteiger partial charge in [-0.3, -0.25) is 9.13 Å². The van der Waals surface area contributed by atoms with Crippen LogP contribution in [-0.4, -0.2) is 23.7 Å². The Morgan fingerprint density at radius 1 is 0.333 bits per heavy atom. The van der Waals surface area contributed by atoms with Crippen LogP contribution in [0.15, 0.2) is 255 Å². The molecule has 0 saturated carbocycles. The monoisotopic (exact) mass is 1010 g/mol. The highest BCUT2D eigenvalue weighted by Gasteiger charge is 2.33. The van der Waals surface area contributed by atoms with Crippen molar-refractivity contribution >= 4 is 96.9 Å². The van der Waals surface area contributed by atoms with Crippen LogP contribution in [-0.2, 0) is 0 Å². The van der Waals surface area contributed by atoms with Gasteiger partial charge < -0.3 is 4.57 Å². The highest BCUT2D eigenvalue weighted by Crippen LogP contribution is 2.53. The summed E-state index contributed by atoms with van der Waals surface area (Å²) < 4.78 is 9.30. The molecule has 0 aliphatic heterocycles. The number of hydrogen-bond acceptors (Lipinski definition) is 4. The summed E-state index contributed by atoms with van der Waals surface area (Å²) in [6.45, 7) is 0. The minimum absolute atomic E-state index is 0.424. The maximum atomic E-state index is 12.7. The van der Waals surface area contributed by atoms with Crippen molar-refractivity contribution < 1.29 is 0 Å². The zero-order valence-electron chi connectivity index (χ0n) is 41.8. The predicted molar refractivity (Wildman–Crippen MR) is 324 cm³/mol. The summed E-state index contributed by atoms with van der Waals surface area (Å²) in [6, 6.07) is 93.0. The highest BCUT2D eigenvalue weighted by molar-refractivity contribution is 7.26. The van der Waals surface area contributed by atoms with Crippen LogP contribution in [0.2, 0.25) is 0 Å². The van der Waals surface area contributed by atoms with E-state index < -0.39 is 0 Å². The van der Waals surface area contributed by atoms with Gasteiger partial charge in [-0.2, -0.15) is 5.26 Å². The van der Waals surface area contributed by atoms with Crippen LogP contribution in [0.4, 0.5) is 0 Å². The van der Waals surface area contributed by atoms with Crippen molar-refractivity contribution in [2.75, 3.05) is 0 Å². The SMILES string of the molecule is N#Cc1c(-c2nc(-n3c4ccccc4c4ccccc43)cc(-n3c4ccccc4c4ccccc43)n2)c(-c2ccccc2)c(-c2ccccc2)c(-c2ccccc2)c1-n1c2ccccc2c2ccc3c4ccccc4sc3c21. The molecule has 5 aromatic heterocycles. The van der Waals surface area contributed by atoms with Gasteiger partial charge in [-0.05, 0) is 53.1 Å². The third kappa shape index (κ3) is 6.42. The summed E-state index contributed by atoms with van der Waals surface area (Å²) in [7, 11) is 0. The Morgan fingerprint density at radius 3 is 1.18 bits per heavy atom. The molecule has 362 valence electrons. The Bertz CT molecular complexity index is 4910. The van der Waals surface area contributed by atoms with Gasteiger partial charge in [-0.25, -0.2) is 9.97 Å². The van der Waals surface area contributed by atoms with Crippen molar-refractivity contribution in [3.8, 4) is 68.2 Å². The molecule has 0 aliphatic carbocycles. The minimum atomic E-state index is 0.424. The average Bonchev–Trinajstić information content (AvgIpc) is 4.43. The molecule has 0 radical (unpaired) electrons. The number of rotatable bonds is 7. The zero-order valence-corrected chi connectivity index (χ0v) is 42.7. The van der Waals surface area contributed by atoms with E-state index in [1.54, 1.807) is 11.3 Å². The molecular formula is C71H42N6S. The Morgan fingerprint density at radius 2 is 0.705 bits per heavy atom. The molecule has 11 aromatic carbocycles. The van der Waals surface area contributed by atoms with E-state index >= 15 is 0 Å². The van der Waals surface area contributed by atoms with Crippen LogP contribution in [0, 0.1) is 11.3 Å². The van der Waals surface area contributed by atoms with Crippen molar-refractivity contribution in [2.24, 2.45) is 0 Å². The minimum Gasteiger partial charge on any atom is -0.306 e. The van der Waals surface area contributed by atoms with E-state index in [1.165, 1.54) is 15.5 Å². The predicted octanol–water partition coefficient (Wildman–Crippen LogP) is 18.7. The van der Waals surface area contributed by atoms with E-state index in [4.69, 9.17) is 9.97 Å². The maximum Gasteiger partial charge on any atom is 0.165 e. The van der Waals surface area contributed by atoms with Gasteiger partial charge in [0, 0.05) is 76.1 Å². The number of benzene rings is 11. The Hall–Kier alpha value is -10.4. The molecule has 0 amide bonds. The van der Waals surface area contributed by atoms with Crippen LogP contribution in [0.5, 0.6) is 0 Å². The number of para-hydroxylation sites is 5. The molecule has 7 heteroatoms. The molecule has 6 nitrogen and oxygen atoms in total. The fraction of sp³-hybridized carbons (Fsp3) is 0. The van der Waals surface area contributed by atoms with Crippen LogP contribution in [0.25, 0.3) is 148 Å². The molecule has 5 heterocycles. The van der Waals surface area contributed by atoms with Gasteiger partial charge in [-0.1, -0.05) is 212 Å². The molecule has 0 N–H and O–H groups in total. The van der Waals surface area contributed by atoms with Crippen LogP contribution in [0.3, 0.4) is 0 Å². The van der Waals surface area contributed by atoms with E-state index in [0.717, 1.165) is 109 Å². The zero-order chi connectivity index (χ0) is 51.4. The van der Waals surface area contributed by atoms with Crippen LogP contribution in [0.1, 0.15) is 5.56 Å². The molecule has 0 atom stereocenters. The number of nitriles is 1. The van der Waals surface area contributed by atoms with Gasteiger partial charge in [0.1, 0.15) is 17.7 Å². The quantitative estimate of drug-likeness (QED) is 0.160. The smallest absolute Gasteiger partial charge is 0.165 e. The topological polar surface area (TPSA) is 64.4 Å². The summed E-state index contributed by atoms with van der Waals surface area (Å²) >= 11 is 1.80. The van der Waals surface area contributed by atoms with Gasteiger partial charge in [0.05, 0.1) is 49.1 Å². The molecule has 78 heavy (non-hydrogen) atoms. The second kappa shape index (κ2) is 17.3. The summed E-state index contributed by atoms with van der Waals surface area (Å²) in [5, 5.41) is 21.8. The lowest BCUT2D eigenvalue weighted by Crippen LogP contribution is -2.11. The second-order valence-electron chi connectivity index (χ2n) is 19.9. The lowest BCUT2D eigenvalue weighted by molar-refractivity contribution is 0.993. The Labute approximate surface area is 451 Å². The number of nitrogens with zero attached hydrogens (tertiary/aromatic N) is 6. The van der Waals surface area contributed by atoms with Crippen LogP contribution < -0.4 is 0 Å². The fourth-order valence-corrected chi connectivity index (χ4v) is 13.8. The van der Waals surface area contributed by atoms with E-state index in [2.05, 4.69) is 275 Å². The molecule has 16 aromatic rings. The number of aromatic nitrogens is 5. The first-order valence-corrected chi connectivity index (χ1v) is 27.0. The molecular weight excluding hydrogens is 969 g/mol. The first-order valence-electron chi connectivity index (χ1n) is 26.2. The molecule has 0 aliphatic rings. The lowest BCUT2D eigenvalue weighted by Gasteiger charge is -2.27. The Kier molecular flexibility index (Phi) is 9.77. The number of hydrogen-bond donors (Lipinski definition) is 0. The van der Waals surface area contributed by atoms with Gasteiger partial charge >= 0.3 is 0 Å². The number of fused-ring (bicyclic) bond motifs is 13. The van der Waals surface area contributed by atoms with Gasteiger partial charge in [0.15, 0.2) is 5.82 Å².